The number of hydrogen-bond acceptors (Lipinski definition) is 4. The van der Waals surface area contributed by atoms with E-state index in [0.717, 1.165) is 11.3 Å². The Labute approximate surface area is 155 Å². The molecule has 1 fully saturated rings. The number of carbonyl (C=O) groups excluding carboxylic acids is 2. The van der Waals surface area contributed by atoms with Gasteiger partial charge < -0.3 is 20.3 Å². The summed E-state index contributed by atoms with van der Waals surface area (Å²) in [6.07, 6.45) is 0. The Bertz CT molecular complexity index is 619. The van der Waals surface area contributed by atoms with Crippen LogP contribution in [0.3, 0.4) is 0 Å². The van der Waals surface area contributed by atoms with Crippen LogP contribution in [-0.2, 0) is 11.3 Å². The summed E-state index contributed by atoms with van der Waals surface area (Å²) in [5.41, 5.74) is 0.720. The predicted octanol–water partition coefficient (Wildman–Crippen LogP) is 1.44. The number of ether oxygens (including phenoxy) is 1. The predicted molar refractivity (Wildman–Crippen MR) is 101 cm³/mol. The molecule has 0 atom stereocenters. The molecule has 1 aromatic rings. The van der Waals surface area contributed by atoms with Gasteiger partial charge >= 0.3 is 6.03 Å². The highest BCUT2D eigenvalue weighted by atomic mass is 16.5. The maximum Gasteiger partial charge on any atom is 0.317 e. The largest absolute Gasteiger partial charge is 0.496 e. The molecule has 0 bridgehead atoms. The molecule has 7 heteroatoms. The van der Waals surface area contributed by atoms with Crippen LogP contribution in [0.4, 0.5) is 4.79 Å². The van der Waals surface area contributed by atoms with E-state index in [2.05, 4.69) is 15.5 Å². The number of nitrogens with zero attached hydrogens (tertiary/aromatic N) is 2. The van der Waals surface area contributed by atoms with Crippen molar-refractivity contribution >= 4 is 11.9 Å². The Morgan fingerprint density at radius 1 is 1.12 bits per heavy atom. The fourth-order valence-electron chi connectivity index (χ4n) is 2.90. The van der Waals surface area contributed by atoms with Crippen molar-refractivity contribution in [3.8, 4) is 5.75 Å². The van der Waals surface area contributed by atoms with E-state index < -0.39 is 0 Å². The fraction of sp³-hybridized carbons (Fsp3) is 0.579. The number of rotatable bonds is 5. The third-order valence-electron chi connectivity index (χ3n) is 4.16. The molecule has 0 spiro atoms. The average Bonchev–Trinajstić information content (AvgIpc) is 2.58. The molecule has 1 aliphatic rings. The molecule has 0 radical (unpaired) electrons. The highest BCUT2D eigenvalue weighted by Gasteiger charge is 2.23. The third-order valence-corrected chi connectivity index (χ3v) is 4.16. The topological polar surface area (TPSA) is 73.9 Å². The minimum Gasteiger partial charge on any atom is -0.496 e. The van der Waals surface area contributed by atoms with E-state index in [9.17, 15) is 9.59 Å². The maximum absolute atomic E-state index is 12.4. The van der Waals surface area contributed by atoms with Gasteiger partial charge in [0.2, 0.25) is 5.91 Å². The maximum atomic E-state index is 12.4. The zero-order chi connectivity index (χ0) is 19.2. The van der Waals surface area contributed by atoms with Gasteiger partial charge in [-0.15, -0.1) is 0 Å². The fourth-order valence-corrected chi connectivity index (χ4v) is 2.90. The van der Waals surface area contributed by atoms with Gasteiger partial charge in [0.1, 0.15) is 5.75 Å². The van der Waals surface area contributed by atoms with Crippen molar-refractivity contribution in [3.63, 3.8) is 0 Å². The average molecular weight is 362 g/mol. The first-order chi connectivity index (χ1) is 12.3. The highest BCUT2D eigenvalue weighted by molar-refractivity contribution is 5.79. The molecule has 2 N–H and O–H groups in total. The number of nitrogens with one attached hydrogen (secondary N) is 2. The Balaban J connectivity index is 1.75. The summed E-state index contributed by atoms with van der Waals surface area (Å²) in [6, 6.07) is 7.55. The Morgan fingerprint density at radius 2 is 1.77 bits per heavy atom. The van der Waals surface area contributed by atoms with E-state index in [1.807, 2.05) is 45.0 Å². The SMILES string of the molecule is COc1ccccc1CNC(=O)N1CCN(CC(=O)NC(C)(C)C)CC1. The number of piperazine rings is 1. The van der Waals surface area contributed by atoms with Gasteiger partial charge in [0.25, 0.3) is 0 Å². The number of methoxy groups -OCH3 is 1. The summed E-state index contributed by atoms with van der Waals surface area (Å²) < 4.78 is 5.30. The van der Waals surface area contributed by atoms with Crippen molar-refractivity contribution in [2.45, 2.75) is 32.9 Å². The molecule has 26 heavy (non-hydrogen) atoms. The number of para-hydroxylation sites is 1. The monoisotopic (exact) mass is 362 g/mol. The molecule has 1 aliphatic heterocycles. The number of amides is 3. The third kappa shape index (κ3) is 6.22. The summed E-state index contributed by atoms with van der Waals surface area (Å²) in [5, 5.41) is 5.90. The van der Waals surface area contributed by atoms with Gasteiger partial charge in [-0.1, -0.05) is 18.2 Å². The molecule has 0 aliphatic carbocycles. The Hall–Kier alpha value is -2.28. The second kappa shape index (κ2) is 8.89. The van der Waals surface area contributed by atoms with Crippen molar-refractivity contribution in [1.29, 1.82) is 0 Å². The van der Waals surface area contributed by atoms with Crippen LogP contribution in [0.25, 0.3) is 0 Å². The number of urea groups is 1. The summed E-state index contributed by atoms with van der Waals surface area (Å²) in [7, 11) is 1.62. The molecule has 0 aromatic heterocycles. The smallest absolute Gasteiger partial charge is 0.317 e. The molecule has 3 amide bonds. The van der Waals surface area contributed by atoms with Gasteiger partial charge in [0, 0.05) is 43.8 Å². The number of carbonyl (C=O) groups is 2. The lowest BCUT2D eigenvalue weighted by atomic mass is 10.1. The molecular weight excluding hydrogens is 332 g/mol. The highest BCUT2D eigenvalue weighted by Crippen LogP contribution is 2.16. The molecule has 144 valence electrons. The number of hydrogen-bond donors (Lipinski definition) is 2. The van der Waals surface area contributed by atoms with E-state index in [0.29, 0.717) is 39.3 Å². The van der Waals surface area contributed by atoms with Crippen LogP contribution in [-0.4, -0.2) is 67.1 Å². The minimum absolute atomic E-state index is 0.0200. The van der Waals surface area contributed by atoms with Crippen molar-refractivity contribution in [2.75, 3.05) is 39.8 Å². The van der Waals surface area contributed by atoms with Crippen molar-refractivity contribution in [3.05, 3.63) is 29.8 Å². The van der Waals surface area contributed by atoms with E-state index in [1.54, 1.807) is 12.0 Å². The lowest BCUT2D eigenvalue weighted by Crippen LogP contribution is -2.54. The molecule has 2 rings (SSSR count). The Morgan fingerprint density at radius 3 is 2.38 bits per heavy atom. The van der Waals surface area contributed by atoms with Crippen LogP contribution in [0.2, 0.25) is 0 Å². The van der Waals surface area contributed by atoms with Gasteiger partial charge in [-0.2, -0.15) is 0 Å². The molecular formula is C19H30N4O3. The van der Waals surface area contributed by atoms with Crippen LogP contribution >= 0.6 is 0 Å². The normalized spacial score (nSPS) is 15.5. The second-order valence-electron chi connectivity index (χ2n) is 7.53. The molecule has 7 nitrogen and oxygen atoms in total. The number of benzene rings is 1. The molecule has 1 saturated heterocycles. The van der Waals surface area contributed by atoms with Gasteiger partial charge in [0.05, 0.1) is 13.7 Å². The van der Waals surface area contributed by atoms with Gasteiger partial charge in [-0.05, 0) is 26.8 Å². The summed E-state index contributed by atoms with van der Waals surface area (Å²) in [6.45, 7) is 9.31. The van der Waals surface area contributed by atoms with E-state index in [4.69, 9.17) is 4.74 Å². The van der Waals surface area contributed by atoms with E-state index in [1.165, 1.54) is 0 Å². The van der Waals surface area contributed by atoms with Gasteiger partial charge in [-0.25, -0.2) is 4.79 Å². The van der Waals surface area contributed by atoms with Crippen molar-refractivity contribution in [1.82, 2.24) is 20.4 Å². The van der Waals surface area contributed by atoms with Crippen molar-refractivity contribution < 1.29 is 14.3 Å². The second-order valence-corrected chi connectivity index (χ2v) is 7.53. The quantitative estimate of drug-likeness (QED) is 0.831. The Kier molecular flexibility index (Phi) is 6.85. The van der Waals surface area contributed by atoms with Crippen molar-refractivity contribution in [2.24, 2.45) is 0 Å². The lowest BCUT2D eigenvalue weighted by Gasteiger charge is -2.34. The van der Waals surface area contributed by atoms with Crippen LogP contribution in [0.15, 0.2) is 24.3 Å². The first kappa shape index (κ1) is 20.0. The standard InChI is InChI=1S/C19H30N4O3/c1-19(2,3)21-17(24)14-22-9-11-23(12-10-22)18(25)20-13-15-7-5-6-8-16(15)26-4/h5-8H,9-14H2,1-4H3,(H,20,25)(H,21,24). The molecule has 0 unspecified atom stereocenters. The van der Waals surface area contributed by atoms with E-state index >= 15 is 0 Å². The summed E-state index contributed by atoms with van der Waals surface area (Å²) >= 11 is 0. The van der Waals surface area contributed by atoms with Crippen LogP contribution in [0.1, 0.15) is 26.3 Å². The zero-order valence-corrected chi connectivity index (χ0v) is 16.2. The summed E-state index contributed by atoms with van der Waals surface area (Å²) in [5.74, 6) is 0.786. The summed E-state index contributed by atoms with van der Waals surface area (Å²) in [4.78, 5) is 28.2. The van der Waals surface area contributed by atoms with Crippen LogP contribution in [0, 0.1) is 0 Å². The molecule has 0 saturated carbocycles. The first-order valence-electron chi connectivity index (χ1n) is 8.96. The molecule has 1 heterocycles. The van der Waals surface area contributed by atoms with Gasteiger partial charge in [-0.3, -0.25) is 9.69 Å². The lowest BCUT2D eigenvalue weighted by molar-refractivity contribution is -0.123. The van der Waals surface area contributed by atoms with Crippen LogP contribution < -0.4 is 15.4 Å². The first-order valence-corrected chi connectivity index (χ1v) is 8.96. The van der Waals surface area contributed by atoms with Gasteiger partial charge in [0.15, 0.2) is 0 Å². The van der Waals surface area contributed by atoms with Crippen LogP contribution in [0.5, 0.6) is 5.75 Å². The zero-order valence-electron chi connectivity index (χ0n) is 16.2. The van der Waals surface area contributed by atoms with E-state index in [-0.39, 0.29) is 17.5 Å². The molecule has 1 aromatic carbocycles. The minimum atomic E-state index is -0.225.